The number of hydrogen-bond acceptors (Lipinski definition) is 11. The molecule has 13 nitrogen and oxygen atoms in total. The van der Waals surface area contributed by atoms with Crippen molar-refractivity contribution in [3.63, 3.8) is 0 Å². The lowest BCUT2D eigenvalue weighted by Gasteiger charge is -2.42. The van der Waals surface area contributed by atoms with Crippen LogP contribution in [0.5, 0.6) is 0 Å². The maximum absolute atomic E-state index is 15.8. The number of amides is 2. The van der Waals surface area contributed by atoms with E-state index < -0.39 is 57.4 Å². The zero-order valence-electron chi connectivity index (χ0n) is 29.6. The van der Waals surface area contributed by atoms with Gasteiger partial charge in [-0.2, -0.15) is 5.26 Å². The Morgan fingerprint density at radius 2 is 1.82 bits per heavy atom. The summed E-state index contributed by atoms with van der Waals surface area (Å²) in [4.78, 5) is 52.8. The Balaban J connectivity index is 1.92. The highest BCUT2D eigenvalue weighted by Gasteiger charge is 2.48. The van der Waals surface area contributed by atoms with Gasteiger partial charge < -0.3 is 24.0 Å². The van der Waals surface area contributed by atoms with Crippen molar-refractivity contribution in [1.82, 2.24) is 14.9 Å². The first-order valence-corrected chi connectivity index (χ1v) is 18.2. The number of carbonyl (C=O) groups excluding carboxylic acids is 3. The van der Waals surface area contributed by atoms with Crippen LogP contribution < -0.4 is 10.2 Å². The molecular weight excluding hydrogens is 691 g/mol. The molecule has 1 aliphatic carbocycles. The van der Waals surface area contributed by atoms with E-state index in [9.17, 15) is 23.9 Å². The van der Waals surface area contributed by atoms with Crippen molar-refractivity contribution in [2.75, 3.05) is 43.2 Å². The predicted octanol–water partition coefficient (Wildman–Crippen LogP) is 5.68. The number of ether oxygens (including phenoxy) is 3. The molecule has 0 saturated carbocycles. The van der Waals surface area contributed by atoms with Gasteiger partial charge in [-0.1, -0.05) is 11.6 Å². The van der Waals surface area contributed by atoms with Gasteiger partial charge in [-0.25, -0.2) is 23.9 Å². The van der Waals surface area contributed by atoms with Gasteiger partial charge in [0.05, 0.1) is 42.1 Å². The summed E-state index contributed by atoms with van der Waals surface area (Å²) < 4.78 is 45.3. The van der Waals surface area contributed by atoms with Gasteiger partial charge in [-0.05, 0) is 78.5 Å². The molecule has 1 fully saturated rings. The fourth-order valence-electron chi connectivity index (χ4n) is 6.36. The van der Waals surface area contributed by atoms with Crippen LogP contribution in [0.2, 0.25) is 5.02 Å². The van der Waals surface area contributed by atoms with E-state index in [0.717, 1.165) is 0 Å². The highest BCUT2D eigenvalue weighted by Crippen LogP contribution is 2.46. The number of methoxy groups -OCH3 is 1. The van der Waals surface area contributed by atoms with E-state index in [1.807, 2.05) is 0 Å². The second-order valence-electron chi connectivity index (χ2n) is 14.4. The van der Waals surface area contributed by atoms with Gasteiger partial charge in [-0.3, -0.25) is 14.3 Å². The molecule has 50 heavy (non-hydrogen) atoms. The van der Waals surface area contributed by atoms with E-state index in [1.54, 1.807) is 46.4 Å². The first-order chi connectivity index (χ1) is 23.3. The van der Waals surface area contributed by atoms with Crippen LogP contribution in [0.4, 0.5) is 25.5 Å². The third kappa shape index (κ3) is 8.63. The van der Waals surface area contributed by atoms with Crippen molar-refractivity contribution in [1.29, 1.82) is 5.26 Å². The van der Waals surface area contributed by atoms with Gasteiger partial charge in [0.15, 0.2) is 5.82 Å². The summed E-state index contributed by atoms with van der Waals surface area (Å²) in [5, 5.41) is 12.6. The molecule has 0 bridgehead atoms. The largest absolute Gasteiger partial charge is 0.468 e. The molecule has 1 aliphatic heterocycles. The fourth-order valence-corrected chi connectivity index (χ4v) is 7.07. The minimum Gasteiger partial charge on any atom is -0.468 e. The molecule has 272 valence electrons. The summed E-state index contributed by atoms with van der Waals surface area (Å²) in [7, 11) is -0.549. The lowest BCUT2D eigenvalue weighted by Crippen LogP contribution is -2.56. The highest BCUT2D eigenvalue weighted by atomic mass is 35.5. The third-order valence-corrected chi connectivity index (χ3v) is 9.37. The molecule has 1 aromatic carbocycles. The van der Waals surface area contributed by atoms with Gasteiger partial charge in [-0.15, -0.1) is 0 Å². The number of hydrogen-bond donors (Lipinski definition) is 1. The Kier molecular flexibility index (Phi) is 11.7. The van der Waals surface area contributed by atoms with Crippen LogP contribution in [-0.4, -0.2) is 87.5 Å². The quantitative estimate of drug-likeness (QED) is 0.211. The number of carbonyl (C=O) groups is 3. The van der Waals surface area contributed by atoms with Crippen LogP contribution in [-0.2, 0) is 48.1 Å². The molecule has 0 spiro atoms. The van der Waals surface area contributed by atoms with Crippen molar-refractivity contribution < 1.29 is 37.2 Å². The lowest BCUT2D eigenvalue weighted by molar-refractivity contribution is -0.148. The molecule has 2 aliphatic rings. The average molecular weight is 735 g/mol. The second kappa shape index (κ2) is 15.1. The minimum absolute atomic E-state index is 0.0349. The molecule has 1 N–H and O–H groups in total. The molecule has 2 unspecified atom stereocenters. The van der Waals surface area contributed by atoms with Crippen LogP contribution in [0.15, 0.2) is 17.3 Å². The van der Waals surface area contributed by atoms with Crippen LogP contribution in [0.25, 0.3) is 0 Å². The third-order valence-electron chi connectivity index (χ3n) is 8.32. The van der Waals surface area contributed by atoms with E-state index >= 15 is 4.39 Å². The van der Waals surface area contributed by atoms with E-state index in [4.69, 9.17) is 25.8 Å². The Morgan fingerprint density at radius 3 is 2.42 bits per heavy atom. The molecule has 3 atom stereocenters. The van der Waals surface area contributed by atoms with E-state index in [1.165, 1.54) is 30.4 Å². The van der Waals surface area contributed by atoms with Crippen molar-refractivity contribution in [3.05, 3.63) is 39.8 Å². The number of nitrogens with one attached hydrogen (secondary N) is 1. The Hall–Kier alpha value is -4.03. The molecule has 16 heteroatoms. The van der Waals surface area contributed by atoms with Gasteiger partial charge in [0, 0.05) is 42.9 Å². The molecule has 2 amide bonds. The van der Waals surface area contributed by atoms with Crippen molar-refractivity contribution >= 4 is 52.1 Å². The topological polar surface area (TPSA) is 164 Å². The first-order valence-electron chi connectivity index (χ1n) is 16.2. The number of fused-ring (bicyclic) bond motifs is 1. The predicted molar refractivity (Wildman–Crippen MR) is 185 cm³/mol. The zero-order valence-corrected chi connectivity index (χ0v) is 31.2. The zero-order chi connectivity index (χ0) is 37.2. The number of benzene rings is 1. The Morgan fingerprint density at radius 1 is 1.14 bits per heavy atom. The van der Waals surface area contributed by atoms with Crippen molar-refractivity contribution in [3.8, 4) is 6.07 Å². The Labute approximate surface area is 299 Å². The summed E-state index contributed by atoms with van der Waals surface area (Å²) in [6.45, 7) is 10.7. The van der Waals surface area contributed by atoms with Crippen molar-refractivity contribution in [2.24, 2.45) is 0 Å². The van der Waals surface area contributed by atoms with Crippen LogP contribution >= 0.6 is 11.6 Å². The first kappa shape index (κ1) is 38.8. The van der Waals surface area contributed by atoms with E-state index in [2.05, 4.69) is 21.4 Å². The second-order valence-corrected chi connectivity index (χ2v) is 16.0. The number of anilines is 2. The standard InChI is InChI=1S/C34H44ClFN6O7S/c1-32(2,3)48-30(44)39-26-24(18-34(28(43)47-7)14-9-10-21-22(35)11-12-23(36)25(21)34)38-29(50(8)46)40-27(26)41-16-17-42(20(19-41)13-15-37)31(45)49-33(4,5)6/h11-12,20H,9-10,13-14,16-19H2,1-8H3,(H,39,44)/t20-,34?,50?/m0/s1. The van der Waals surface area contributed by atoms with Crippen molar-refractivity contribution in [2.45, 2.75) is 101 Å². The molecule has 2 heterocycles. The number of nitriles is 1. The lowest BCUT2D eigenvalue weighted by atomic mass is 9.67. The van der Waals surface area contributed by atoms with Crippen LogP contribution in [0.1, 0.15) is 77.6 Å². The molecule has 1 aromatic heterocycles. The number of halogens is 2. The number of piperazine rings is 1. The summed E-state index contributed by atoms with van der Waals surface area (Å²) in [6.07, 6.45) is 0.667. The fraction of sp³-hybridized carbons (Fsp3) is 0.588. The van der Waals surface area contributed by atoms with E-state index in [0.29, 0.717) is 23.4 Å². The summed E-state index contributed by atoms with van der Waals surface area (Å²) in [5.74, 6) is -1.26. The molecule has 0 radical (unpaired) electrons. The van der Waals surface area contributed by atoms with Gasteiger partial charge in [0.25, 0.3) is 0 Å². The summed E-state index contributed by atoms with van der Waals surface area (Å²) in [5.41, 5.74) is -2.64. The number of nitrogens with zero attached hydrogens (tertiary/aromatic N) is 5. The maximum atomic E-state index is 15.8. The monoisotopic (exact) mass is 734 g/mol. The van der Waals surface area contributed by atoms with Crippen LogP contribution in [0, 0.1) is 17.1 Å². The molecule has 1 saturated heterocycles. The SMILES string of the molecule is COC(=O)C1(Cc2nc(S(C)=O)nc(N3CCN(C(=O)OC(C)(C)C)[C@@H](CC#N)C3)c2NC(=O)OC(C)(C)C)CCCc2c(Cl)ccc(F)c21. The molecular formula is C34H44ClFN6O7S. The van der Waals surface area contributed by atoms with Gasteiger partial charge in [0.1, 0.15) is 28.1 Å². The number of aromatic nitrogens is 2. The summed E-state index contributed by atoms with van der Waals surface area (Å²) >= 11 is 6.53. The van der Waals surface area contributed by atoms with Gasteiger partial charge in [0.2, 0.25) is 5.16 Å². The minimum atomic E-state index is -1.76. The molecule has 4 rings (SSSR count). The van der Waals surface area contributed by atoms with Crippen LogP contribution in [0.3, 0.4) is 0 Å². The maximum Gasteiger partial charge on any atom is 0.412 e. The Bertz CT molecular complexity index is 1720. The molecule has 2 aromatic rings. The normalized spacial score (nSPS) is 19.9. The smallest absolute Gasteiger partial charge is 0.412 e. The average Bonchev–Trinajstić information content (AvgIpc) is 3.01. The highest BCUT2D eigenvalue weighted by molar-refractivity contribution is 7.84. The number of rotatable bonds is 7. The van der Waals surface area contributed by atoms with E-state index in [-0.39, 0.29) is 66.8 Å². The summed E-state index contributed by atoms with van der Waals surface area (Å²) in [6, 6.07) is 4.11. The van der Waals surface area contributed by atoms with Gasteiger partial charge >= 0.3 is 18.2 Å². The number of esters is 1.